The molecule has 0 spiro atoms. The Morgan fingerprint density at radius 3 is 2.93 bits per heavy atom. The number of carbonyl (C=O) groups excluding carboxylic acids is 1. The molecule has 4 nitrogen and oxygen atoms in total. The number of hydrogen-bond acceptors (Lipinski definition) is 3. The molecule has 1 saturated heterocycles. The number of carbonyl (C=O) groups is 1. The molecule has 1 amide bonds. The van der Waals surface area contributed by atoms with Crippen molar-refractivity contribution in [3.8, 4) is 0 Å². The van der Waals surface area contributed by atoms with Crippen molar-refractivity contribution in [1.82, 2.24) is 14.9 Å². The molecule has 1 aliphatic heterocycles. The number of piperidine rings is 1. The molecule has 3 rings (SSSR count). The van der Waals surface area contributed by atoms with Gasteiger partial charge in [-0.2, -0.15) is 0 Å². The normalized spacial score (nSPS) is 28.0. The average Bonchev–Trinajstić information content (AvgIpc) is 2.72. The van der Waals surface area contributed by atoms with E-state index in [4.69, 9.17) is 21.2 Å². The van der Waals surface area contributed by atoms with Crippen LogP contribution in [0.2, 0.25) is 5.02 Å². The van der Waals surface area contributed by atoms with E-state index in [9.17, 15) is 9.18 Å². The van der Waals surface area contributed by atoms with E-state index in [0.29, 0.717) is 4.90 Å². The lowest BCUT2D eigenvalue weighted by Crippen LogP contribution is -2.44. The van der Waals surface area contributed by atoms with Gasteiger partial charge in [0.2, 0.25) is 0 Å². The standard InChI is InChI=1S/C20H22ClF2N3O/c1-14-12-24-18(25-13-14)3-2-6-20(23)7-9-26(10-8-20)19(27)15-4-5-17(22)16(21)11-15/h4-5,11-13H,2-3,6-10H2,1H3/i1D3,7D2,10D2. The van der Waals surface area contributed by atoms with E-state index in [1.165, 1.54) is 0 Å². The van der Waals surface area contributed by atoms with Gasteiger partial charge in [-0.3, -0.25) is 4.79 Å². The van der Waals surface area contributed by atoms with Crippen molar-refractivity contribution in [3.63, 3.8) is 0 Å². The van der Waals surface area contributed by atoms with Gasteiger partial charge in [-0.1, -0.05) is 11.6 Å². The summed E-state index contributed by atoms with van der Waals surface area (Å²) in [5.41, 5.74) is -2.77. The molecule has 1 atom stereocenters. The van der Waals surface area contributed by atoms with Crippen molar-refractivity contribution >= 4 is 17.5 Å². The van der Waals surface area contributed by atoms with Crippen LogP contribution in [-0.4, -0.2) is 39.5 Å². The van der Waals surface area contributed by atoms with Gasteiger partial charge in [0, 0.05) is 47.0 Å². The lowest BCUT2D eigenvalue weighted by molar-refractivity contribution is 0.0389. The van der Waals surface area contributed by atoms with Gasteiger partial charge in [-0.25, -0.2) is 18.7 Å². The highest BCUT2D eigenvalue weighted by molar-refractivity contribution is 6.31. The highest BCUT2D eigenvalue weighted by atomic mass is 35.5. The van der Waals surface area contributed by atoms with Crippen molar-refractivity contribution in [1.29, 1.82) is 0 Å². The number of alkyl halides is 1. The quantitative estimate of drug-likeness (QED) is 0.739. The van der Waals surface area contributed by atoms with Crippen molar-refractivity contribution < 1.29 is 23.2 Å². The van der Waals surface area contributed by atoms with Crippen LogP contribution >= 0.6 is 11.6 Å². The second kappa shape index (κ2) is 8.30. The summed E-state index contributed by atoms with van der Waals surface area (Å²) in [6.07, 6.45) is -1.34. The van der Waals surface area contributed by atoms with Crippen LogP contribution in [0.4, 0.5) is 8.78 Å². The molecule has 0 bridgehead atoms. The van der Waals surface area contributed by atoms with Gasteiger partial charge in [0.1, 0.15) is 17.3 Å². The van der Waals surface area contributed by atoms with Gasteiger partial charge < -0.3 is 4.90 Å². The third kappa shape index (κ3) is 5.01. The van der Waals surface area contributed by atoms with Gasteiger partial charge in [0.15, 0.2) is 0 Å². The fourth-order valence-corrected chi connectivity index (χ4v) is 2.86. The van der Waals surface area contributed by atoms with Crippen LogP contribution in [0.1, 0.15) is 57.0 Å². The molecule has 0 aliphatic carbocycles. The Balaban J connectivity index is 1.71. The van der Waals surface area contributed by atoms with Gasteiger partial charge >= 0.3 is 0 Å². The maximum Gasteiger partial charge on any atom is 0.253 e. The zero-order valence-electron chi connectivity index (χ0n) is 21.3. The summed E-state index contributed by atoms with van der Waals surface area (Å²) < 4.78 is 84.2. The number of hydrogen-bond donors (Lipinski definition) is 0. The van der Waals surface area contributed by atoms with Gasteiger partial charge in [-0.15, -0.1) is 0 Å². The molecule has 0 N–H and O–H groups in total. The van der Waals surface area contributed by atoms with E-state index in [1.807, 2.05) is 0 Å². The third-order valence-corrected chi connectivity index (χ3v) is 4.48. The van der Waals surface area contributed by atoms with E-state index in [0.717, 1.165) is 30.6 Å². The topological polar surface area (TPSA) is 46.1 Å². The second-order valence-electron chi connectivity index (χ2n) is 6.24. The summed E-state index contributed by atoms with van der Waals surface area (Å²) in [5, 5.41) is -0.347. The summed E-state index contributed by atoms with van der Waals surface area (Å²) in [7, 11) is 0. The van der Waals surface area contributed by atoms with Crippen molar-refractivity contribution in [2.45, 2.75) is 44.6 Å². The van der Waals surface area contributed by atoms with Crippen LogP contribution in [-0.2, 0) is 6.42 Å². The largest absolute Gasteiger partial charge is 0.338 e. The number of aryl methyl sites for hydroxylation is 2. The van der Waals surface area contributed by atoms with Crippen molar-refractivity contribution in [3.05, 3.63) is 58.4 Å². The summed E-state index contributed by atoms with van der Waals surface area (Å²) in [4.78, 5) is 21.3. The first-order valence-corrected chi connectivity index (χ1v) is 8.71. The Hall–Kier alpha value is -2.08. The highest BCUT2D eigenvalue weighted by Gasteiger charge is 2.35. The molecule has 0 saturated carbocycles. The number of likely N-dealkylation sites (tertiary alicyclic amines) is 1. The molecule has 1 fully saturated rings. The van der Waals surface area contributed by atoms with E-state index in [2.05, 4.69) is 9.97 Å². The number of benzene rings is 1. The van der Waals surface area contributed by atoms with Crippen LogP contribution in [0.15, 0.2) is 30.6 Å². The Morgan fingerprint density at radius 2 is 2.22 bits per heavy atom. The number of aromatic nitrogens is 2. The maximum atomic E-state index is 15.8. The van der Waals surface area contributed by atoms with Crippen molar-refractivity contribution in [2.24, 2.45) is 0 Å². The molecule has 0 radical (unpaired) electrons. The molecular formula is C20H22ClF2N3O. The predicted molar refractivity (Wildman–Crippen MR) is 100 cm³/mol. The Labute approximate surface area is 172 Å². The molecule has 27 heavy (non-hydrogen) atoms. The fourth-order valence-electron chi connectivity index (χ4n) is 2.68. The molecule has 1 aromatic heterocycles. The average molecular weight is 401 g/mol. The summed E-state index contributed by atoms with van der Waals surface area (Å²) in [6, 6.07) is 3.06. The maximum absolute atomic E-state index is 15.8. The van der Waals surface area contributed by atoms with E-state index in [-0.39, 0.29) is 41.2 Å². The summed E-state index contributed by atoms with van der Waals surface area (Å²) in [6.45, 7) is -5.72. The smallest absolute Gasteiger partial charge is 0.253 e. The van der Waals surface area contributed by atoms with E-state index < -0.39 is 50.1 Å². The van der Waals surface area contributed by atoms with Crippen LogP contribution in [0.3, 0.4) is 0 Å². The minimum absolute atomic E-state index is 0.0396. The van der Waals surface area contributed by atoms with Crippen molar-refractivity contribution in [2.75, 3.05) is 13.0 Å². The van der Waals surface area contributed by atoms with Gasteiger partial charge in [0.25, 0.3) is 5.91 Å². The lowest BCUT2D eigenvalue weighted by atomic mass is 9.88. The van der Waals surface area contributed by atoms with Crippen LogP contribution in [0, 0.1) is 12.7 Å². The minimum atomic E-state index is -2.59. The SMILES string of the molecule is [2H]C([2H])([2H])c1cnc(CCCC2(F)CC([2H])([2H])N(C(=O)c3ccc(F)c(Cl)c3)CC2([2H])[2H])nc1. The molecule has 2 aromatic rings. The second-order valence-corrected chi connectivity index (χ2v) is 6.65. The minimum Gasteiger partial charge on any atom is -0.338 e. The summed E-state index contributed by atoms with van der Waals surface area (Å²) in [5.74, 6) is -1.45. The molecule has 7 heteroatoms. The van der Waals surface area contributed by atoms with E-state index in [1.54, 1.807) is 0 Å². The number of rotatable bonds is 5. The molecule has 1 aromatic carbocycles. The van der Waals surface area contributed by atoms with Gasteiger partial charge in [-0.05, 0) is 56.2 Å². The molecule has 2 heterocycles. The molecular weight excluding hydrogens is 372 g/mol. The number of halogens is 3. The summed E-state index contributed by atoms with van der Waals surface area (Å²) >= 11 is 5.70. The number of amides is 1. The monoisotopic (exact) mass is 400 g/mol. The van der Waals surface area contributed by atoms with Crippen LogP contribution in [0.5, 0.6) is 0 Å². The zero-order valence-corrected chi connectivity index (χ0v) is 15.1. The van der Waals surface area contributed by atoms with E-state index >= 15 is 4.39 Å². The predicted octanol–water partition coefficient (Wildman–Crippen LogP) is 4.54. The molecule has 1 unspecified atom stereocenters. The van der Waals surface area contributed by atoms with Gasteiger partial charge in [0.05, 0.1) is 5.02 Å². The Kier molecular flexibility index (Phi) is 3.81. The first kappa shape index (κ1) is 12.4. The van der Waals surface area contributed by atoms with Crippen LogP contribution < -0.4 is 0 Å². The first-order valence-electron chi connectivity index (χ1n) is 11.8. The zero-order chi connectivity index (χ0) is 25.5. The Morgan fingerprint density at radius 1 is 1.44 bits per heavy atom. The first-order chi connectivity index (χ1) is 15.6. The fraction of sp³-hybridized carbons (Fsp3) is 0.450. The number of nitrogens with zero attached hydrogens (tertiary/aromatic N) is 3. The molecule has 1 aliphatic rings. The lowest BCUT2D eigenvalue weighted by Gasteiger charge is -2.36. The Bertz CT molecular complexity index is 1070. The third-order valence-electron chi connectivity index (χ3n) is 4.19. The van der Waals surface area contributed by atoms with Crippen LogP contribution in [0.25, 0.3) is 0 Å². The molecule has 144 valence electrons. The highest BCUT2D eigenvalue weighted by Crippen LogP contribution is 2.32.